The molecule has 0 unspecified atom stereocenters. The van der Waals surface area contributed by atoms with E-state index < -0.39 is 0 Å². The smallest absolute Gasteiger partial charge is 0.0618 e. The number of thiophene rings is 1. The molecule has 0 atom stereocenters. The molecule has 0 fully saturated rings. The lowest BCUT2D eigenvalue weighted by Crippen LogP contribution is -1.90. The maximum absolute atomic E-state index is 9.05. The molecule has 0 saturated heterocycles. The first-order valence-corrected chi connectivity index (χ1v) is 6.16. The Hall–Kier alpha value is -1.38. The van der Waals surface area contributed by atoms with Gasteiger partial charge in [0, 0.05) is 11.3 Å². The average Bonchev–Trinajstić information content (AvgIpc) is 2.83. The molecule has 0 saturated carbocycles. The molecule has 0 amide bonds. The topological polar surface area (TPSA) is 20.2 Å². The van der Waals surface area contributed by atoms with Gasteiger partial charge in [0.05, 0.1) is 6.61 Å². The highest BCUT2D eigenvalue weighted by molar-refractivity contribution is 7.10. The van der Waals surface area contributed by atoms with Gasteiger partial charge in [0.2, 0.25) is 0 Å². The SMILES string of the molecule is OC/C=C(\Cc1cccs1)c1ccccc1. The van der Waals surface area contributed by atoms with Crippen LogP contribution in [0.1, 0.15) is 10.4 Å². The van der Waals surface area contributed by atoms with Gasteiger partial charge in [-0.1, -0.05) is 42.5 Å². The molecule has 1 aromatic heterocycles. The van der Waals surface area contributed by atoms with Crippen molar-refractivity contribution in [3.8, 4) is 0 Å². The van der Waals surface area contributed by atoms with Crippen LogP contribution in [-0.4, -0.2) is 11.7 Å². The Bertz CT molecular complexity index is 443. The first-order valence-electron chi connectivity index (χ1n) is 5.28. The van der Waals surface area contributed by atoms with Crippen LogP contribution in [0.3, 0.4) is 0 Å². The van der Waals surface area contributed by atoms with Crippen molar-refractivity contribution in [2.45, 2.75) is 6.42 Å². The van der Waals surface area contributed by atoms with E-state index >= 15 is 0 Å². The Kier molecular flexibility index (Phi) is 3.91. The summed E-state index contributed by atoms with van der Waals surface area (Å²) >= 11 is 1.75. The summed E-state index contributed by atoms with van der Waals surface area (Å²) in [6.07, 6.45) is 2.78. The summed E-state index contributed by atoms with van der Waals surface area (Å²) in [6.45, 7) is 0.0929. The average molecular weight is 230 g/mol. The van der Waals surface area contributed by atoms with E-state index in [2.05, 4.69) is 29.6 Å². The van der Waals surface area contributed by atoms with Crippen molar-refractivity contribution in [2.24, 2.45) is 0 Å². The third-order valence-electron chi connectivity index (χ3n) is 2.43. The third kappa shape index (κ3) is 2.81. The van der Waals surface area contributed by atoms with E-state index in [1.165, 1.54) is 16.0 Å². The summed E-state index contributed by atoms with van der Waals surface area (Å²) < 4.78 is 0. The van der Waals surface area contributed by atoms with Crippen LogP contribution in [0.5, 0.6) is 0 Å². The molecule has 1 nitrogen and oxygen atoms in total. The number of hydrogen-bond donors (Lipinski definition) is 1. The summed E-state index contributed by atoms with van der Waals surface area (Å²) in [5.74, 6) is 0. The van der Waals surface area contributed by atoms with Gasteiger partial charge in [-0.25, -0.2) is 0 Å². The summed E-state index contributed by atoms with van der Waals surface area (Å²) in [4.78, 5) is 1.32. The molecule has 2 rings (SSSR count). The van der Waals surface area contributed by atoms with E-state index in [0.29, 0.717) is 0 Å². The Morgan fingerprint density at radius 3 is 2.56 bits per heavy atom. The van der Waals surface area contributed by atoms with Crippen LogP contribution in [0.15, 0.2) is 53.9 Å². The highest BCUT2D eigenvalue weighted by atomic mass is 32.1. The second kappa shape index (κ2) is 5.64. The van der Waals surface area contributed by atoms with Crippen molar-refractivity contribution in [3.05, 3.63) is 64.4 Å². The predicted octanol–water partition coefficient (Wildman–Crippen LogP) is 3.37. The number of aliphatic hydroxyl groups excluding tert-OH is 1. The molecule has 2 heteroatoms. The molecule has 1 N–H and O–H groups in total. The molecule has 0 spiro atoms. The molecular formula is C14H14OS. The molecular weight excluding hydrogens is 216 g/mol. The van der Waals surface area contributed by atoms with Crippen molar-refractivity contribution in [1.82, 2.24) is 0 Å². The minimum atomic E-state index is 0.0929. The van der Waals surface area contributed by atoms with Gasteiger partial charge in [-0.3, -0.25) is 0 Å². The fourth-order valence-corrected chi connectivity index (χ4v) is 2.38. The Morgan fingerprint density at radius 2 is 1.94 bits per heavy atom. The normalized spacial score (nSPS) is 11.7. The van der Waals surface area contributed by atoms with E-state index in [1.807, 2.05) is 24.3 Å². The van der Waals surface area contributed by atoms with Gasteiger partial charge < -0.3 is 5.11 Å². The van der Waals surface area contributed by atoms with Crippen molar-refractivity contribution < 1.29 is 5.11 Å². The van der Waals surface area contributed by atoms with Gasteiger partial charge in [0.25, 0.3) is 0 Å². The van der Waals surface area contributed by atoms with Crippen LogP contribution in [-0.2, 0) is 6.42 Å². The van der Waals surface area contributed by atoms with Crippen LogP contribution in [0.4, 0.5) is 0 Å². The van der Waals surface area contributed by atoms with Crippen LogP contribution < -0.4 is 0 Å². The zero-order chi connectivity index (χ0) is 11.2. The predicted molar refractivity (Wildman–Crippen MR) is 69.5 cm³/mol. The van der Waals surface area contributed by atoms with E-state index in [0.717, 1.165) is 6.42 Å². The van der Waals surface area contributed by atoms with E-state index in [4.69, 9.17) is 5.11 Å². The van der Waals surface area contributed by atoms with Gasteiger partial charge in [-0.2, -0.15) is 0 Å². The number of aliphatic hydroxyl groups is 1. The van der Waals surface area contributed by atoms with Crippen molar-refractivity contribution >= 4 is 16.9 Å². The van der Waals surface area contributed by atoms with Crippen LogP contribution in [0, 0.1) is 0 Å². The van der Waals surface area contributed by atoms with Gasteiger partial charge in [-0.05, 0) is 22.6 Å². The monoisotopic (exact) mass is 230 g/mol. The van der Waals surface area contributed by atoms with Gasteiger partial charge in [0.1, 0.15) is 0 Å². The highest BCUT2D eigenvalue weighted by Gasteiger charge is 2.02. The van der Waals surface area contributed by atoms with E-state index in [1.54, 1.807) is 11.3 Å². The lowest BCUT2D eigenvalue weighted by molar-refractivity contribution is 0.343. The van der Waals surface area contributed by atoms with Crippen LogP contribution in [0.25, 0.3) is 5.57 Å². The Labute approximate surface area is 99.7 Å². The second-order valence-electron chi connectivity index (χ2n) is 3.53. The van der Waals surface area contributed by atoms with Crippen LogP contribution in [0.2, 0.25) is 0 Å². The standard InChI is InChI=1S/C14H14OS/c15-9-8-13(11-14-7-4-10-16-14)12-5-2-1-3-6-12/h1-8,10,15H,9,11H2/b13-8+. The largest absolute Gasteiger partial charge is 0.392 e. The first-order chi connectivity index (χ1) is 7.90. The van der Waals surface area contributed by atoms with Crippen molar-refractivity contribution in [2.75, 3.05) is 6.61 Å². The summed E-state index contributed by atoms with van der Waals surface area (Å²) in [5.41, 5.74) is 2.37. The molecule has 1 heterocycles. The minimum Gasteiger partial charge on any atom is -0.392 e. The van der Waals surface area contributed by atoms with Gasteiger partial charge in [-0.15, -0.1) is 11.3 Å². The molecule has 0 aliphatic carbocycles. The van der Waals surface area contributed by atoms with E-state index in [-0.39, 0.29) is 6.61 Å². The third-order valence-corrected chi connectivity index (χ3v) is 3.30. The quantitative estimate of drug-likeness (QED) is 0.854. The fraction of sp³-hybridized carbons (Fsp3) is 0.143. The Balaban J connectivity index is 2.22. The van der Waals surface area contributed by atoms with Crippen molar-refractivity contribution in [3.63, 3.8) is 0 Å². The number of rotatable bonds is 4. The molecule has 16 heavy (non-hydrogen) atoms. The lowest BCUT2D eigenvalue weighted by atomic mass is 10.0. The van der Waals surface area contributed by atoms with Crippen LogP contribution >= 0.6 is 11.3 Å². The van der Waals surface area contributed by atoms with Gasteiger partial charge >= 0.3 is 0 Å². The molecule has 82 valence electrons. The van der Waals surface area contributed by atoms with Crippen molar-refractivity contribution in [1.29, 1.82) is 0 Å². The highest BCUT2D eigenvalue weighted by Crippen LogP contribution is 2.21. The fourth-order valence-electron chi connectivity index (χ4n) is 1.66. The first kappa shape index (κ1) is 11.1. The summed E-state index contributed by atoms with van der Waals surface area (Å²) in [6, 6.07) is 14.4. The molecule has 0 bridgehead atoms. The molecule has 0 aliphatic rings. The van der Waals surface area contributed by atoms with E-state index in [9.17, 15) is 0 Å². The minimum absolute atomic E-state index is 0.0929. The summed E-state index contributed by atoms with van der Waals surface area (Å²) in [7, 11) is 0. The Morgan fingerprint density at radius 1 is 1.12 bits per heavy atom. The number of allylic oxidation sites excluding steroid dienone is 1. The molecule has 1 aromatic carbocycles. The number of benzene rings is 1. The molecule has 0 radical (unpaired) electrons. The number of hydrogen-bond acceptors (Lipinski definition) is 2. The zero-order valence-corrected chi connectivity index (χ0v) is 9.78. The second-order valence-corrected chi connectivity index (χ2v) is 4.57. The maximum Gasteiger partial charge on any atom is 0.0618 e. The van der Waals surface area contributed by atoms with Gasteiger partial charge in [0.15, 0.2) is 0 Å². The zero-order valence-electron chi connectivity index (χ0n) is 8.97. The lowest BCUT2D eigenvalue weighted by Gasteiger charge is -2.06. The summed E-state index contributed by atoms with van der Waals surface area (Å²) in [5, 5.41) is 11.1. The maximum atomic E-state index is 9.05. The molecule has 2 aromatic rings. The molecule has 0 aliphatic heterocycles.